The van der Waals surface area contributed by atoms with E-state index in [-0.39, 0.29) is 42.0 Å². The minimum Gasteiger partial charge on any atom is -0.495 e. The lowest BCUT2D eigenvalue weighted by Crippen LogP contribution is -2.88. The Kier molecular flexibility index (Phi) is 6.60. The number of ether oxygens (including phenoxy) is 2. The Hall–Kier alpha value is -4.59. The van der Waals surface area contributed by atoms with Crippen LogP contribution < -0.4 is 41.9 Å². The second kappa shape index (κ2) is 10.0. The maximum Gasteiger partial charge on any atom is 0.343 e. The first-order chi connectivity index (χ1) is 20.0. The van der Waals surface area contributed by atoms with Crippen LogP contribution in [-0.4, -0.2) is 95.4 Å². The first kappa shape index (κ1) is 27.6. The zero-order valence-corrected chi connectivity index (χ0v) is 23.7. The Labute approximate surface area is 242 Å². The van der Waals surface area contributed by atoms with Gasteiger partial charge >= 0.3 is 5.96 Å². The van der Waals surface area contributed by atoms with E-state index in [4.69, 9.17) is 20.9 Å². The van der Waals surface area contributed by atoms with Gasteiger partial charge in [-0.25, -0.2) is 15.3 Å². The molecule has 1 spiro atoms. The minimum absolute atomic E-state index is 0.0858. The summed E-state index contributed by atoms with van der Waals surface area (Å²) in [5.74, 6) is 0.701. The van der Waals surface area contributed by atoms with E-state index in [1.807, 2.05) is 12.1 Å². The van der Waals surface area contributed by atoms with E-state index in [9.17, 15) is 14.7 Å². The van der Waals surface area contributed by atoms with Crippen LogP contribution in [0.5, 0.6) is 11.5 Å². The van der Waals surface area contributed by atoms with Gasteiger partial charge in [0.15, 0.2) is 12.0 Å². The molecule has 4 aliphatic heterocycles. The Bertz CT molecular complexity index is 1480. The van der Waals surface area contributed by atoms with Crippen molar-refractivity contribution in [1.82, 2.24) is 25.8 Å². The van der Waals surface area contributed by atoms with Crippen molar-refractivity contribution in [2.24, 2.45) is 16.5 Å². The first-order valence-electron chi connectivity index (χ1n) is 13.9. The summed E-state index contributed by atoms with van der Waals surface area (Å²) in [6.07, 6.45) is 1.16. The zero-order valence-electron chi connectivity index (χ0n) is 23.7. The molecule has 1 saturated heterocycles. The van der Waals surface area contributed by atoms with Crippen LogP contribution in [0.25, 0.3) is 0 Å². The molecule has 5 heterocycles. The highest BCUT2D eigenvalue weighted by Crippen LogP contribution is 2.41. The number of amides is 2. The number of nitrogens with zero attached hydrogens (tertiary/aromatic N) is 3. The summed E-state index contributed by atoms with van der Waals surface area (Å²) in [6.45, 7) is 5.03. The number of aliphatic hydroxyl groups excluding tert-OH is 1. The second-order valence-corrected chi connectivity index (χ2v) is 11.6. The number of nitrogens with two attached hydrogens (primary N) is 2. The van der Waals surface area contributed by atoms with Crippen molar-refractivity contribution in [3.8, 4) is 11.5 Å². The molecule has 0 radical (unpaired) electrons. The van der Waals surface area contributed by atoms with Crippen molar-refractivity contribution in [3.63, 3.8) is 0 Å². The highest BCUT2D eigenvalue weighted by Gasteiger charge is 2.68. The van der Waals surface area contributed by atoms with Crippen molar-refractivity contribution >= 4 is 23.7 Å². The average molecular weight is 579 g/mol. The Morgan fingerprint density at radius 1 is 1.26 bits per heavy atom. The van der Waals surface area contributed by atoms with E-state index in [0.717, 1.165) is 12.0 Å². The molecule has 2 aromatic rings. The molecule has 9 N–H and O–H groups in total. The van der Waals surface area contributed by atoms with Crippen LogP contribution >= 0.6 is 0 Å². The molecule has 222 valence electrons. The molecule has 6 rings (SSSR count). The van der Waals surface area contributed by atoms with E-state index in [1.165, 1.54) is 13.3 Å². The standard InChI is InChI=1S/C28H35N9O5/c1-27(2)9-10-42-20-15(5-4-6-16(20)27)23(39)33-19-13-37-26(30)34-18(21-28(37,22(19)38)36-25(29)35-21)12-32-24(40)17-8-7-14(41-3)11-31-17/h4-8,11,18-19,21-22,38H,9-10,12-13H2,1-3H3,(H2,30,34)(H,32,40)(H,33,39)(H3,29,35,36)/p+1/t18-,19+,21?,22+,28?/m0/s1. The van der Waals surface area contributed by atoms with E-state index in [1.54, 1.807) is 23.1 Å². The normalized spacial score (nSPS) is 28.6. The second-order valence-electron chi connectivity index (χ2n) is 11.6. The van der Waals surface area contributed by atoms with Gasteiger partial charge in [-0.2, -0.15) is 0 Å². The lowest BCUT2D eigenvalue weighted by atomic mass is 9.79. The fourth-order valence-electron chi connectivity index (χ4n) is 6.41. The van der Waals surface area contributed by atoms with Crippen LogP contribution in [0.3, 0.4) is 0 Å². The molecule has 14 nitrogen and oxygen atoms in total. The number of aliphatic imine (C=N–C) groups is 1. The van der Waals surface area contributed by atoms with Gasteiger partial charge in [-0.05, 0) is 30.0 Å². The number of carbonyl (C=O) groups is 2. The van der Waals surface area contributed by atoms with Crippen molar-refractivity contribution < 1.29 is 29.2 Å². The summed E-state index contributed by atoms with van der Waals surface area (Å²) in [5.41, 5.74) is 12.8. The molecule has 4 aliphatic rings. The number of guanidine groups is 2. The SMILES string of the molecule is COc1ccc(C(=O)NC[C@@H]2N=C(N)N3C[C@@H](NC(=O)c4cccc5c4OCCC5(C)C)[C@@H](O)C34NC(N)=[NH+]C24)nc1. The highest BCUT2D eigenvalue weighted by atomic mass is 16.5. The molecular weight excluding hydrogens is 542 g/mol. The van der Waals surface area contributed by atoms with Crippen LogP contribution in [-0.2, 0) is 5.41 Å². The Morgan fingerprint density at radius 2 is 2.07 bits per heavy atom. The molecule has 0 aliphatic carbocycles. The van der Waals surface area contributed by atoms with Gasteiger partial charge in [0, 0.05) is 18.7 Å². The van der Waals surface area contributed by atoms with Crippen LogP contribution in [0, 0.1) is 0 Å². The zero-order chi connectivity index (χ0) is 29.8. The third-order valence-corrected chi connectivity index (χ3v) is 8.69. The van der Waals surface area contributed by atoms with Crippen LogP contribution in [0.1, 0.15) is 46.7 Å². The van der Waals surface area contributed by atoms with Gasteiger partial charge in [-0.15, -0.1) is 0 Å². The van der Waals surface area contributed by atoms with Crippen LogP contribution in [0.4, 0.5) is 0 Å². The van der Waals surface area contributed by atoms with Crippen LogP contribution in [0.2, 0.25) is 0 Å². The number of benzene rings is 1. The van der Waals surface area contributed by atoms with Gasteiger partial charge in [0.05, 0.1) is 31.5 Å². The maximum absolute atomic E-state index is 13.6. The number of rotatable bonds is 6. The predicted molar refractivity (Wildman–Crippen MR) is 152 cm³/mol. The molecule has 2 unspecified atom stereocenters. The fourth-order valence-corrected chi connectivity index (χ4v) is 6.41. The van der Waals surface area contributed by atoms with Gasteiger partial charge in [-0.1, -0.05) is 26.0 Å². The molecule has 1 aromatic carbocycles. The molecule has 0 saturated carbocycles. The largest absolute Gasteiger partial charge is 0.495 e. The van der Waals surface area contributed by atoms with E-state index < -0.39 is 35.8 Å². The summed E-state index contributed by atoms with van der Waals surface area (Å²) in [4.78, 5) is 40.0. The molecule has 14 heteroatoms. The number of fused-ring (bicyclic) bond motifs is 1. The predicted octanol–water partition coefficient (Wildman–Crippen LogP) is -2.88. The lowest BCUT2D eigenvalue weighted by molar-refractivity contribution is -0.513. The van der Waals surface area contributed by atoms with Gasteiger partial charge in [0.2, 0.25) is 5.66 Å². The van der Waals surface area contributed by atoms with Crippen molar-refractivity contribution in [1.29, 1.82) is 0 Å². The number of methoxy groups -OCH3 is 1. The van der Waals surface area contributed by atoms with E-state index in [0.29, 0.717) is 23.7 Å². The summed E-state index contributed by atoms with van der Waals surface area (Å²) >= 11 is 0. The molecule has 0 bridgehead atoms. The Balaban J connectivity index is 1.21. The number of aromatic nitrogens is 1. The first-order valence-corrected chi connectivity index (χ1v) is 13.9. The molecule has 1 aromatic heterocycles. The summed E-state index contributed by atoms with van der Waals surface area (Å²) in [7, 11) is 1.52. The van der Waals surface area contributed by atoms with Crippen molar-refractivity contribution in [3.05, 3.63) is 53.3 Å². The van der Waals surface area contributed by atoms with Crippen LogP contribution in [0.15, 0.2) is 41.5 Å². The van der Waals surface area contributed by atoms with Gasteiger partial charge in [0.1, 0.15) is 29.3 Å². The van der Waals surface area contributed by atoms with Crippen molar-refractivity contribution in [2.75, 3.05) is 26.8 Å². The van der Waals surface area contributed by atoms with E-state index >= 15 is 0 Å². The number of carbonyl (C=O) groups excluding carboxylic acids is 2. The topological polar surface area (TPSA) is 203 Å². The Morgan fingerprint density at radius 3 is 2.81 bits per heavy atom. The molecular formula is C28H36N9O5+. The quantitative estimate of drug-likeness (QED) is 0.186. The minimum atomic E-state index is -1.21. The summed E-state index contributed by atoms with van der Waals surface area (Å²) < 4.78 is 11.0. The number of aliphatic hydroxyl groups is 1. The van der Waals surface area contributed by atoms with Crippen molar-refractivity contribution in [2.45, 2.75) is 55.6 Å². The molecule has 1 fully saturated rings. The monoisotopic (exact) mass is 578 g/mol. The molecule has 5 atom stereocenters. The third-order valence-electron chi connectivity index (χ3n) is 8.69. The summed E-state index contributed by atoms with van der Waals surface area (Å²) in [6, 6.07) is 6.84. The fraction of sp³-hybridized carbons (Fsp3) is 0.464. The number of pyridine rings is 1. The third kappa shape index (κ3) is 4.33. The number of nitrogens with one attached hydrogen (secondary N) is 4. The smallest absolute Gasteiger partial charge is 0.343 e. The number of para-hydroxylation sites is 1. The van der Waals surface area contributed by atoms with Gasteiger partial charge < -0.3 is 35.8 Å². The number of hydrogen-bond acceptors (Lipinski definition) is 11. The maximum atomic E-state index is 13.6. The van der Waals surface area contributed by atoms with Gasteiger partial charge in [0.25, 0.3) is 11.8 Å². The highest BCUT2D eigenvalue weighted by molar-refractivity contribution is 5.98. The lowest BCUT2D eigenvalue weighted by Gasteiger charge is -2.43. The molecule has 2 amide bonds. The van der Waals surface area contributed by atoms with Gasteiger partial charge in [-0.3, -0.25) is 20.3 Å². The summed E-state index contributed by atoms with van der Waals surface area (Å²) in [5, 5.41) is 20.7. The number of hydrogen-bond donors (Lipinski definition) is 7. The molecule has 42 heavy (non-hydrogen) atoms. The average Bonchev–Trinajstić information content (AvgIpc) is 3.47. The van der Waals surface area contributed by atoms with E-state index in [2.05, 4.69) is 44.8 Å².